The van der Waals surface area contributed by atoms with Gasteiger partial charge in [-0.3, -0.25) is 9.78 Å². The highest BCUT2D eigenvalue weighted by Crippen LogP contribution is 2.25. The Morgan fingerprint density at radius 2 is 1.88 bits per heavy atom. The fraction of sp³-hybridized carbons (Fsp3) is 0.368. The van der Waals surface area contributed by atoms with Gasteiger partial charge in [0.25, 0.3) is 5.56 Å². The number of hydrogen-bond acceptors (Lipinski definition) is 5. The summed E-state index contributed by atoms with van der Waals surface area (Å²) in [5.74, 6) is 0.135. The monoisotopic (exact) mass is 355 g/mol. The fourth-order valence-corrected chi connectivity index (χ4v) is 2.79. The van der Waals surface area contributed by atoms with Gasteiger partial charge in [-0.25, -0.2) is 14.4 Å². The molecule has 136 valence electrons. The summed E-state index contributed by atoms with van der Waals surface area (Å²) in [6.45, 7) is 6.59. The number of halogens is 1. The van der Waals surface area contributed by atoms with E-state index in [1.807, 2.05) is 19.9 Å². The molecule has 0 saturated heterocycles. The number of nitrogens with one attached hydrogen (secondary N) is 1. The highest BCUT2D eigenvalue weighted by molar-refractivity contribution is 5.85. The normalized spacial score (nSPS) is 12.5. The Balaban J connectivity index is 2.06. The number of H-pyrrole nitrogens is 1. The van der Waals surface area contributed by atoms with Crippen LogP contribution in [0.1, 0.15) is 50.5 Å². The van der Waals surface area contributed by atoms with Crippen LogP contribution in [0.2, 0.25) is 0 Å². The highest BCUT2D eigenvalue weighted by atomic mass is 19.1. The van der Waals surface area contributed by atoms with E-state index in [1.54, 1.807) is 24.7 Å². The van der Waals surface area contributed by atoms with Gasteiger partial charge in [0.15, 0.2) is 11.5 Å². The summed E-state index contributed by atoms with van der Waals surface area (Å²) in [7, 11) is 0. The SMILES string of the molecule is CC(C)(N)c1c[nH]c(=O)c2cnc(Cc3ccnc(C(C)(C)F)n3)cc12. The molecule has 0 bridgehead atoms. The number of alkyl halides is 1. The zero-order chi connectivity index (χ0) is 19.1. The third-order valence-corrected chi connectivity index (χ3v) is 4.14. The third-order valence-electron chi connectivity index (χ3n) is 4.14. The smallest absolute Gasteiger partial charge is 0.257 e. The number of pyridine rings is 2. The van der Waals surface area contributed by atoms with Crippen LogP contribution >= 0.6 is 0 Å². The fourth-order valence-electron chi connectivity index (χ4n) is 2.79. The zero-order valence-corrected chi connectivity index (χ0v) is 15.3. The van der Waals surface area contributed by atoms with Gasteiger partial charge < -0.3 is 10.7 Å². The van der Waals surface area contributed by atoms with E-state index in [2.05, 4.69) is 19.9 Å². The van der Waals surface area contributed by atoms with Crippen molar-refractivity contribution >= 4 is 10.8 Å². The summed E-state index contributed by atoms with van der Waals surface area (Å²) in [4.78, 5) is 27.4. The van der Waals surface area contributed by atoms with E-state index >= 15 is 0 Å². The topological polar surface area (TPSA) is 97.6 Å². The minimum atomic E-state index is -1.61. The molecule has 3 aromatic heterocycles. The molecule has 3 aromatic rings. The molecule has 0 fully saturated rings. The average Bonchev–Trinajstić information content (AvgIpc) is 2.53. The van der Waals surface area contributed by atoms with Crippen LogP contribution in [-0.2, 0) is 17.6 Å². The quantitative estimate of drug-likeness (QED) is 0.750. The highest BCUT2D eigenvalue weighted by Gasteiger charge is 2.23. The van der Waals surface area contributed by atoms with Gasteiger partial charge in [-0.15, -0.1) is 0 Å². The summed E-state index contributed by atoms with van der Waals surface area (Å²) in [5.41, 5.74) is 5.99. The second kappa shape index (κ2) is 6.25. The number of nitrogens with zero attached hydrogens (tertiary/aromatic N) is 3. The van der Waals surface area contributed by atoms with Gasteiger partial charge in [0.1, 0.15) is 0 Å². The first-order valence-electron chi connectivity index (χ1n) is 8.37. The Morgan fingerprint density at radius 3 is 2.54 bits per heavy atom. The van der Waals surface area contributed by atoms with Crippen molar-refractivity contribution < 1.29 is 4.39 Å². The molecule has 0 aromatic carbocycles. The van der Waals surface area contributed by atoms with E-state index < -0.39 is 11.2 Å². The minimum Gasteiger partial charge on any atom is -0.328 e. The lowest BCUT2D eigenvalue weighted by molar-refractivity contribution is 0.206. The molecule has 0 radical (unpaired) electrons. The molecule has 26 heavy (non-hydrogen) atoms. The van der Waals surface area contributed by atoms with Crippen LogP contribution < -0.4 is 11.3 Å². The van der Waals surface area contributed by atoms with Gasteiger partial charge in [-0.2, -0.15) is 0 Å². The maximum absolute atomic E-state index is 14.1. The summed E-state index contributed by atoms with van der Waals surface area (Å²) < 4.78 is 14.1. The first-order valence-corrected chi connectivity index (χ1v) is 8.37. The molecule has 0 spiro atoms. The average molecular weight is 355 g/mol. The number of aromatic amines is 1. The van der Waals surface area contributed by atoms with E-state index in [4.69, 9.17) is 5.73 Å². The van der Waals surface area contributed by atoms with Crippen molar-refractivity contribution in [2.75, 3.05) is 0 Å². The molecule has 3 rings (SSSR count). The maximum atomic E-state index is 14.1. The summed E-state index contributed by atoms with van der Waals surface area (Å²) in [6.07, 6.45) is 5.13. The first kappa shape index (κ1) is 18.1. The molecule has 7 heteroatoms. The van der Waals surface area contributed by atoms with Gasteiger partial charge in [-0.05, 0) is 50.8 Å². The first-order chi connectivity index (χ1) is 12.1. The van der Waals surface area contributed by atoms with Crippen LogP contribution in [0, 0.1) is 0 Å². The molecular weight excluding hydrogens is 333 g/mol. The number of hydrogen-bond donors (Lipinski definition) is 2. The van der Waals surface area contributed by atoms with Gasteiger partial charge in [0.2, 0.25) is 0 Å². The summed E-state index contributed by atoms with van der Waals surface area (Å²) in [6, 6.07) is 3.57. The predicted octanol–water partition coefficient (Wildman–Crippen LogP) is 2.70. The van der Waals surface area contributed by atoms with E-state index in [0.29, 0.717) is 17.5 Å². The van der Waals surface area contributed by atoms with Crippen LogP contribution in [0.15, 0.2) is 35.5 Å². The van der Waals surface area contributed by atoms with E-state index in [1.165, 1.54) is 13.8 Å². The molecule has 3 heterocycles. The van der Waals surface area contributed by atoms with Crippen LogP contribution in [0.5, 0.6) is 0 Å². The zero-order valence-electron chi connectivity index (χ0n) is 15.3. The lowest BCUT2D eigenvalue weighted by Crippen LogP contribution is -2.30. The van der Waals surface area contributed by atoms with Gasteiger partial charge >= 0.3 is 0 Å². The van der Waals surface area contributed by atoms with Crippen molar-refractivity contribution in [2.24, 2.45) is 5.73 Å². The van der Waals surface area contributed by atoms with Crippen LogP contribution in [0.25, 0.3) is 10.8 Å². The molecule has 0 atom stereocenters. The lowest BCUT2D eigenvalue weighted by atomic mass is 9.92. The molecule has 0 aliphatic heterocycles. The van der Waals surface area contributed by atoms with E-state index in [-0.39, 0.29) is 11.4 Å². The molecule has 3 N–H and O–H groups in total. The summed E-state index contributed by atoms with van der Waals surface area (Å²) >= 11 is 0. The Morgan fingerprint density at radius 1 is 1.15 bits per heavy atom. The standard InChI is InChI=1S/C19H22FN5O/c1-18(2,20)17-22-6-5-11(25-17)7-12-8-13-14(9-23-12)16(26)24-10-15(13)19(3,4)21/h5-6,8-10H,7,21H2,1-4H3,(H,24,26). The van der Waals surface area contributed by atoms with Gasteiger partial charge in [0.05, 0.1) is 11.1 Å². The Labute approximate surface area is 150 Å². The molecule has 6 nitrogen and oxygen atoms in total. The van der Waals surface area contributed by atoms with Crippen LogP contribution in [0.4, 0.5) is 4.39 Å². The van der Waals surface area contributed by atoms with Gasteiger partial charge in [0, 0.05) is 36.2 Å². The largest absolute Gasteiger partial charge is 0.328 e. The van der Waals surface area contributed by atoms with E-state index in [9.17, 15) is 9.18 Å². The molecule has 0 unspecified atom stereocenters. The lowest BCUT2D eigenvalue weighted by Gasteiger charge is -2.21. The molecule has 0 aliphatic carbocycles. The Kier molecular flexibility index (Phi) is 4.36. The number of rotatable bonds is 4. The van der Waals surface area contributed by atoms with Gasteiger partial charge in [-0.1, -0.05) is 0 Å². The third kappa shape index (κ3) is 3.62. The number of aromatic nitrogens is 4. The van der Waals surface area contributed by atoms with Crippen molar-refractivity contribution in [3.05, 3.63) is 63.9 Å². The Hall–Kier alpha value is -2.67. The molecule has 0 saturated carbocycles. The molecular formula is C19H22FN5O. The second-order valence-corrected chi connectivity index (χ2v) is 7.50. The van der Waals surface area contributed by atoms with Crippen LogP contribution in [0.3, 0.4) is 0 Å². The van der Waals surface area contributed by atoms with Crippen molar-refractivity contribution in [3.63, 3.8) is 0 Å². The van der Waals surface area contributed by atoms with Crippen molar-refractivity contribution in [3.8, 4) is 0 Å². The Bertz CT molecular complexity index is 1010. The predicted molar refractivity (Wildman–Crippen MR) is 98.5 cm³/mol. The maximum Gasteiger partial charge on any atom is 0.257 e. The summed E-state index contributed by atoms with van der Waals surface area (Å²) in [5, 5.41) is 1.24. The van der Waals surface area contributed by atoms with E-state index in [0.717, 1.165) is 16.6 Å². The molecule has 0 aliphatic rings. The number of nitrogens with two attached hydrogens (primary N) is 1. The minimum absolute atomic E-state index is 0.135. The van der Waals surface area contributed by atoms with Crippen molar-refractivity contribution in [1.82, 2.24) is 19.9 Å². The van der Waals surface area contributed by atoms with Crippen molar-refractivity contribution in [2.45, 2.75) is 45.3 Å². The van der Waals surface area contributed by atoms with Crippen molar-refractivity contribution in [1.29, 1.82) is 0 Å². The van der Waals surface area contributed by atoms with Crippen LogP contribution in [-0.4, -0.2) is 19.9 Å². The number of fused-ring (bicyclic) bond motifs is 1. The second-order valence-electron chi connectivity index (χ2n) is 7.50. The molecule has 0 amide bonds.